The summed E-state index contributed by atoms with van der Waals surface area (Å²) in [7, 11) is 0. The lowest BCUT2D eigenvalue weighted by Gasteiger charge is -2.25. The first-order chi connectivity index (χ1) is 8.27. The minimum atomic E-state index is -2.31. The maximum atomic E-state index is 12.2. The second kappa shape index (κ2) is 5.96. The zero-order valence-electron chi connectivity index (χ0n) is 9.76. The lowest BCUT2D eigenvalue weighted by molar-refractivity contribution is 0.163. The van der Waals surface area contributed by atoms with E-state index < -0.39 is 6.43 Å². The highest BCUT2D eigenvalue weighted by atomic mass is 19.3. The molecule has 0 unspecified atom stereocenters. The molecule has 0 saturated carbocycles. The van der Waals surface area contributed by atoms with Crippen molar-refractivity contribution in [2.24, 2.45) is 0 Å². The van der Waals surface area contributed by atoms with Crippen LogP contribution in [0.5, 0.6) is 0 Å². The predicted molar refractivity (Wildman–Crippen MR) is 65.8 cm³/mol. The van der Waals surface area contributed by atoms with Crippen LogP contribution in [0.15, 0.2) is 24.3 Å². The van der Waals surface area contributed by atoms with Crippen molar-refractivity contribution in [2.45, 2.75) is 25.2 Å². The first-order valence-electron chi connectivity index (χ1n) is 6.09. The van der Waals surface area contributed by atoms with Gasteiger partial charge in [-0.05, 0) is 43.5 Å². The van der Waals surface area contributed by atoms with E-state index in [-0.39, 0.29) is 6.54 Å². The van der Waals surface area contributed by atoms with Crippen LogP contribution in [-0.2, 0) is 0 Å². The van der Waals surface area contributed by atoms with Gasteiger partial charge < -0.3 is 10.6 Å². The summed E-state index contributed by atoms with van der Waals surface area (Å²) in [6.45, 7) is 1.74. The average Bonchev–Trinajstić information content (AvgIpc) is 2.38. The molecule has 17 heavy (non-hydrogen) atoms. The van der Waals surface area contributed by atoms with E-state index >= 15 is 0 Å². The van der Waals surface area contributed by atoms with Gasteiger partial charge in [0.25, 0.3) is 6.43 Å². The highest BCUT2D eigenvalue weighted by molar-refractivity contribution is 5.53. The fourth-order valence-electron chi connectivity index (χ4n) is 2.33. The fraction of sp³-hybridized carbons (Fsp3) is 0.538. The third-order valence-electron chi connectivity index (χ3n) is 3.19. The van der Waals surface area contributed by atoms with Crippen molar-refractivity contribution in [3.05, 3.63) is 29.8 Å². The van der Waals surface area contributed by atoms with Crippen LogP contribution < -0.4 is 10.6 Å². The van der Waals surface area contributed by atoms with Gasteiger partial charge in [0.15, 0.2) is 0 Å². The Labute approximate surface area is 100 Å². The molecule has 0 spiro atoms. The lowest BCUT2D eigenvalue weighted by atomic mass is 9.89. The molecule has 0 aliphatic carbocycles. The highest BCUT2D eigenvalue weighted by Gasteiger charge is 2.18. The van der Waals surface area contributed by atoms with Crippen LogP contribution in [0.4, 0.5) is 14.5 Å². The van der Waals surface area contributed by atoms with E-state index in [0.29, 0.717) is 5.92 Å². The molecule has 1 aliphatic rings. The number of alkyl halides is 2. The number of halogens is 2. The number of nitrogens with one attached hydrogen (secondary N) is 2. The normalized spacial score (nSPS) is 17.4. The zero-order chi connectivity index (χ0) is 12.1. The maximum Gasteiger partial charge on any atom is 0.255 e. The minimum Gasteiger partial charge on any atom is -0.379 e. The van der Waals surface area contributed by atoms with Crippen molar-refractivity contribution < 1.29 is 8.78 Å². The average molecular weight is 240 g/mol. The standard InChI is InChI=1S/C13H18F2N2/c14-13(15)9-17-12-4-2-1-3-11(12)10-5-7-16-8-6-10/h1-4,10,13,16-17H,5-9H2. The molecule has 0 bridgehead atoms. The third kappa shape index (κ3) is 3.40. The van der Waals surface area contributed by atoms with Gasteiger partial charge in [-0.2, -0.15) is 0 Å². The molecule has 1 heterocycles. The Bertz CT molecular complexity index is 349. The number of hydrogen-bond acceptors (Lipinski definition) is 2. The van der Waals surface area contributed by atoms with E-state index in [1.807, 2.05) is 24.3 Å². The summed E-state index contributed by atoms with van der Waals surface area (Å²) in [6, 6.07) is 7.80. The molecule has 0 amide bonds. The zero-order valence-corrected chi connectivity index (χ0v) is 9.76. The minimum absolute atomic E-state index is 0.276. The molecule has 1 saturated heterocycles. The summed E-state index contributed by atoms with van der Waals surface area (Å²) in [4.78, 5) is 0. The van der Waals surface area contributed by atoms with Crippen LogP contribution in [0.1, 0.15) is 24.3 Å². The number of piperidine rings is 1. The molecule has 1 fully saturated rings. The summed E-state index contributed by atoms with van der Waals surface area (Å²) in [5.41, 5.74) is 2.04. The summed E-state index contributed by atoms with van der Waals surface area (Å²) >= 11 is 0. The Morgan fingerprint density at radius 2 is 1.94 bits per heavy atom. The van der Waals surface area contributed by atoms with E-state index in [2.05, 4.69) is 10.6 Å². The van der Waals surface area contributed by atoms with Gasteiger partial charge in [0, 0.05) is 5.69 Å². The van der Waals surface area contributed by atoms with Crippen LogP contribution in [0.25, 0.3) is 0 Å². The molecular formula is C13H18F2N2. The molecule has 2 nitrogen and oxygen atoms in total. The SMILES string of the molecule is FC(F)CNc1ccccc1C1CCNCC1. The van der Waals surface area contributed by atoms with Crippen molar-refractivity contribution in [1.82, 2.24) is 5.32 Å². The number of anilines is 1. The Hall–Kier alpha value is -1.16. The number of benzene rings is 1. The van der Waals surface area contributed by atoms with Gasteiger partial charge in [-0.25, -0.2) is 8.78 Å². The molecule has 0 aromatic heterocycles. The molecule has 1 aromatic rings. The Morgan fingerprint density at radius 3 is 2.65 bits per heavy atom. The highest BCUT2D eigenvalue weighted by Crippen LogP contribution is 2.30. The smallest absolute Gasteiger partial charge is 0.255 e. The summed E-state index contributed by atoms with van der Waals surface area (Å²) < 4.78 is 24.4. The Morgan fingerprint density at radius 1 is 1.24 bits per heavy atom. The van der Waals surface area contributed by atoms with Gasteiger partial charge in [0.2, 0.25) is 0 Å². The van der Waals surface area contributed by atoms with Gasteiger partial charge in [-0.1, -0.05) is 18.2 Å². The summed E-state index contributed by atoms with van der Waals surface area (Å²) in [5, 5.41) is 6.15. The van der Waals surface area contributed by atoms with Crippen molar-refractivity contribution in [2.75, 3.05) is 25.0 Å². The van der Waals surface area contributed by atoms with Crippen LogP contribution >= 0.6 is 0 Å². The third-order valence-corrected chi connectivity index (χ3v) is 3.19. The van der Waals surface area contributed by atoms with Crippen molar-refractivity contribution in [1.29, 1.82) is 0 Å². The van der Waals surface area contributed by atoms with E-state index in [1.165, 1.54) is 5.56 Å². The van der Waals surface area contributed by atoms with Crippen molar-refractivity contribution in [3.8, 4) is 0 Å². The van der Waals surface area contributed by atoms with Crippen LogP contribution in [0, 0.1) is 0 Å². The van der Waals surface area contributed by atoms with Gasteiger partial charge in [0.05, 0.1) is 6.54 Å². The fourth-order valence-corrected chi connectivity index (χ4v) is 2.33. The molecular weight excluding hydrogens is 222 g/mol. The molecule has 94 valence electrons. The van der Waals surface area contributed by atoms with Crippen LogP contribution in [-0.4, -0.2) is 26.1 Å². The molecule has 2 rings (SSSR count). The number of para-hydroxylation sites is 1. The van der Waals surface area contributed by atoms with Crippen molar-refractivity contribution in [3.63, 3.8) is 0 Å². The molecule has 0 atom stereocenters. The van der Waals surface area contributed by atoms with Gasteiger partial charge >= 0.3 is 0 Å². The molecule has 1 aliphatic heterocycles. The lowest BCUT2D eigenvalue weighted by Crippen LogP contribution is -2.27. The van der Waals surface area contributed by atoms with Crippen molar-refractivity contribution >= 4 is 5.69 Å². The second-order valence-corrected chi connectivity index (χ2v) is 4.38. The number of rotatable bonds is 4. The Kier molecular flexibility index (Phi) is 4.31. The topological polar surface area (TPSA) is 24.1 Å². The summed E-state index contributed by atoms with van der Waals surface area (Å²) in [5.74, 6) is 0.484. The van der Waals surface area contributed by atoms with E-state index in [0.717, 1.165) is 31.6 Å². The first kappa shape index (κ1) is 12.3. The molecule has 4 heteroatoms. The maximum absolute atomic E-state index is 12.2. The second-order valence-electron chi connectivity index (χ2n) is 4.38. The van der Waals surface area contributed by atoms with E-state index in [9.17, 15) is 8.78 Å². The molecule has 2 N–H and O–H groups in total. The largest absolute Gasteiger partial charge is 0.379 e. The predicted octanol–water partition coefficient (Wildman–Crippen LogP) is 2.83. The van der Waals surface area contributed by atoms with Gasteiger partial charge in [-0.3, -0.25) is 0 Å². The monoisotopic (exact) mass is 240 g/mol. The Balaban J connectivity index is 2.09. The van der Waals surface area contributed by atoms with Gasteiger partial charge in [0.1, 0.15) is 0 Å². The summed E-state index contributed by atoms with van der Waals surface area (Å²) in [6.07, 6.45) is -0.156. The van der Waals surface area contributed by atoms with Crippen LogP contribution in [0.3, 0.4) is 0 Å². The quantitative estimate of drug-likeness (QED) is 0.845. The van der Waals surface area contributed by atoms with Gasteiger partial charge in [-0.15, -0.1) is 0 Å². The number of hydrogen-bond donors (Lipinski definition) is 2. The first-order valence-corrected chi connectivity index (χ1v) is 6.09. The molecule has 1 aromatic carbocycles. The van der Waals surface area contributed by atoms with E-state index in [1.54, 1.807) is 0 Å². The van der Waals surface area contributed by atoms with E-state index in [4.69, 9.17) is 0 Å². The molecule has 0 radical (unpaired) electrons. The van der Waals surface area contributed by atoms with Crippen LogP contribution in [0.2, 0.25) is 0 Å².